The molecule has 6 aromatic heterocycles. The predicted molar refractivity (Wildman–Crippen MR) is 321 cm³/mol. The van der Waals surface area contributed by atoms with E-state index in [0.717, 1.165) is 34.0 Å². The summed E-state index contributed by atoms with van der Waals surface area (Å²) in [4.78, 5) is 61.4. The molecule has 85 heavy (non-hydrogen) atoms. The van der Waals surface area contributed by atoms with Crippen LogP contribution in [0.15, 0.2) is 116 Å². The third-order valence-corrected chi connectivity index (χ3v) is 18.2. The number of hydrogen-bond donors (Lipinski definition) is 2. The third-order valence-electron chi connectivity index (χ3n) is 16.3. The van der Waals surface area contributed by atoms with E-state index >= 15 is 4.79 Å². The van der Waals surface area contributed by atoms with E-state index in [1.807, 2.05) is 73.1 Å². The van der Waals surface area contributed by atoms with Gasteiger partial charge in [-0.3, -0.25) is 28.3 Å². The van der Waals surface area contributed by atoms with Gasteiger partial charge >= 0.3 is 6.18 Å². The number of aromatic amines is 2. The first-order valence-electron chi connectivity index (χ1n) is 27.8. The summed E-state index contributed by atoms with van der Waals surface area (Å²) in [5.74, 6) is -0.518. The molecule has 436 valence electrons. The highest BCUT2D eigenvalue weighted by Gasteiger charge is 2.38. The Labute approximate surface area is 506 Å². The van der Waals surface area contributed by atoms with Gasteiger partial charge in [-0.2, -0.15) is 54.2 Å². The van der Waals surface area contributed by atoms with E-state index in [4.69, 9.17) is 21.8 Å². The second kappa shape index (κ2) is 22.4. The minimum Gasteiger partial charge on any atom is -0.330 e. The lowest BCUT2D eigenvalue weighted by Crippen LogP contribution is -2.46. The fraction of sp³-hybridized carbons (Fsp3) is 0.311. The summed E-state index contributed by atoms with van der Waals surface area (Å²) in [5, 5.41) is 33.3. The molecular formula is C61H56Br2ClF3N14O4. The normalized spacial score (nSPS) is 15.7. The molecule has 24 heteroatoms. The summed E-state index contributed by atoms with van der Waals surface area (Å²) in [5.41, 5.74) is 9.50. The number of rotatable bonds is 13. The first-order chi connectivity index (χ1) is 40.6. The number of nitrogens with one attached hydrogen (secondary N) is 2. The molecule has 3 unspecified atom stereocenters. The van der Waals surface area contributed by atoms with Gasteiger partial charge in [0.1, 0.15) is 22.7 Å². The van der Waals surface area contributed by atoms with Crippen molar-refractivity contribution in [2.24, 2.45) is 11.8 Å². The Hall–Kier alpha value is -8.02. The van der Waals surface area contributed by atoms with Crippen LogP contribution < -0.4 is 11.1 Å². The van der Waals surface area contributed by atoms with Gasteiger partial charge in [0.2, 0.25) is 0 Å². The number of H-pyrrole nitrogens is 2. The molecule has 4 aromatic carbocycles. The number of carbonyl (C=O) groups is 2. The van der Waals surface area contributed by atoms with Crippen LogP contribution >= 0.6 is 43.5 Å². The molecular weight excluding hydrogens is 1250 g/mol. The third kappa shape index (κ3) is 10.5. The number of amides is 2. The van der Waals surface area contributed by atoms with Gasteiger partial charge < -0.3 is 9.80 Å². The summed E-state index contributed by atoms with van der Waals surface area (Å²) in [6.07, 6.45) is 1.67. The lowest BCUT2D eigenvalue weighted by Gasteiger charge is -2.35. The van der Waals surface area contributed by atoms with Crippen molar-refractivity contribution in [3.05, 3.63) is 194 Å². The lowest BCUT2D eigenvalue weighted by atomic mass is 9.95. The van der Waals surface area contributed by atoms with Crippen LogP contribution in [0, 0.1) is 18.8 Å². The molecule has 0 aliphatic carbocycles. The number of halogens is 6. The van der Waals surface area contributed by atoms with E-state index in [9.17, 15) is 27.6 Å². The first-order valence-corrected chi connectivity index (χ1v) is 29.8. The molecule has 3 atom stereocenters. The highest BCUT2D eigenvalue weighted by molar-refractivity contribution is 9.10. The minimum atomic E-state index is -4.69. The predicted octanol–water partition coefficient (Wildman–Crippen LogP) is 11.5. The fourth-order valence-electron chi connectivity index (χ4n) is 12.0. The van der Waals surface area contributed by atoms with E-state index in [1.54, 1.807) is 49.9 Å². The average Bonchev–Trinajstić information content (AvgIpc) is 1.83. The maximum Gasteiger partial charge on any atom is 0.417 e. The summed E-state index contributed by atoms with van der Waals surface area (Å²) >= 11 is 12.8. The second-order valence-corrected chi connectivity index (χ2v) is 24.8. The first kappa shape index (κ1) is 57.4. The zero-order valence-corrected chi connectivity index (χ0v) is 50.9. The van der Waals surface area contributed by atoms with Crippen molar-refractivity contribution < 1.29 is 22.8 Å². The Kier molecular flexibility index (Phi) is 15.2. The number of fused-ring (bicyclic) bond motifs is 6. The van der Waals surface area contributed by atoms with Gasteiger partial charge in [-0.05, 0) is 148 Å². The van der Waals surface area contributed by atoms with Crippen molar-refractivity contribution in [3.63, 3.8) is 0 Å². The molecule has 0 radical (unpaired) electrons. The molecule has 18 nitrogen and oxygen atoms in total. The Morgan fingerprint density at radius 1 is 0.671 bits per heavy atom. The van der Waals surface area contributed by atoms with E-state index in [0.29, 0.717) is 109 Å². The highest BCUT2D eigenvalue weighted by Crippen LogP contribution is 2.37. The molecule has 0 saturated heterocycles. The topological polar surface area (TPSA) is 202 Å². The van der Waals surface area contributed by atoms with E-state index < -0.39 is 23.7 Å². The number of carbonyl (C=O) groups excluding carboxylic acids is 2. The summed E-state index contributed by atoms with van der Waals surface area (Å²) in [6, 6.07) is 22.8. The zero-order valence-electron chi connectivity index (χ0n) is 47.0. The van der Waals surface area contributed by atoms with Gasteiger partial charge in [-0.25, -0.2) is 9.03 Å². The van der Waals surface area contributed by atoms with Gasteiger partial charge in [-0.1, -0.05) is 72.6 Å². The fourth-order valence-corrected chi connectivity index (χ4v) is 12.9. The summed E-state index contributed by atoms with van der Waals surface area (Å²) in [7, 11) is 0. The quantitative estimate of drug-likeness (QED) is 0.112. The Balaban J connectivity index is 0.827. The molecule has 2 aliphatic rings. The molecule has 2 aliphatic heterocycles. The average molecular weight is 1300 g/mol. The van der Waals surface area contributed by atoms with Gasteiger partial charge in [-0.15, -0.1) is 0 Å². The molecule has 0 fully saturated rings. The van der Waals surface area contributed by atoms with Crippen LogP contribution in [-0.4, -0.2) is 92.9 Å². The molecule has 2 N–H and O–H groups in total. The van der Waals surface area contributed by atoms with E-state index in [-0.39, 0.29) is 64.4 Å². The minimum absolute atomic E-state index is 0.0107. The molecule has 8 heterocycles. The van der Waals surface area contributed by atoms with Crippen molar-refractivity contribution in [1.29, 1.82) is 0 Å². The van der Waals surface area contributed by atoms with Crippen LogP contribution in [-0.2, 0) is 51.4 Å². The number of alkyl halides is 3. The smallest absolute Gasteiger partial charge is 0.330 e. The molecule has 12 rings (SSSR count). The summed E-state index contributed by atoms with van der Waals surface area (Å²) in [6.45, 7) is 12.0. The van der Waals surface area contributed by atoms with Crippen molar-refractivity contribution in [3.8, 4) is 33.9 Å². The van der Waals surface area contributed by atoms with Gasteiger partial charge in [0.25, 0.3) is 22.9 Å². The number of aryl methyl sites for hydroxylation is 2. The SMILES string of the molecule is Cc1n[nH]nc1-c1ccc(-n2c(=O)c3c(n4ncc(CC(C)CCc5n[nH]nc5-c5ccc(-n6c(=O)c7c(n8ncc(CC(C)C)c68)CN(C(=O)c6ccc(Br)c(Cl)c6)C(C)C7)cc5)c24)CN(C(=O)c2ccc(Br)c(C(F)(F)F)c2)C(C)C3)cc1. The van der Waals surface area contributed by atoms with Crippen molar-refractivity contribution in [1.82, 2.24) is 69.0 Å². The maximum absolute atomic E-state index is 15.0. The second-order valence-electron chi connectivity index (χ2n) is 22.7. The number of nitrogens with zero attached hydrogens (tertiary/aromatic N) is 12. The van der Waals surface area contributed by atoms with Gasteiger partial charge in [0.05, 0.1) is 70.2 Å². The molecule has 10 aromatic rings. The zero-order chi connectivity index (χ0) is 59.9. The Bertz CT molecular complexity index is 4410. The Morgan fingerprint density at radius 3 is 1.67 bits per heavy atom. The highest BCUT2D eigenvalue weighted by atomic mass is 79.9. The van der Waals surface area contributed by atoms with Crippen LogP contribution in [0.25, 0.3) is 45.2 Å². The van der Waals surface area contributed by atoms with Crippen LogP contribution in [0.5, 0.6) is 0 Å². The number of benzene rings is 4. The monoisotopic (exact) mass is 1300 g/mol. The van der Waals surface area contributed by atoms with Crippen LogP contribution in [0.1, 0.15) is 112 Å². The number of hydrogen-bond acceptors (Lipinski definition) is 10. The largest absolute Gasteiger partial charge is 0.417 e. The van der Waals surface area contributed by atoms with E-state index in [2.05, 4.69) is 83.5 Å². The molecule has 0 saturated carbocycles. The van der Waals surface area contributed by atoms with E-state index in [1.165, 1.54) is 17.0 Å². The van der Waals surface area contributed by atoms with Crippen LogP contribution in [0.3, 0.4) is 0 Å². The van der Waals surface area contributed by atoms with Crippen molar-refractivity contribution in [2.75, 3.05) is 0 Å². The van der Waals surface area contributed by atoms with Gasteiger partial charge in [0.15, 0.2) is 0 Å². The molecule has 0 spiro atoms. The standard InChI is InChI=1S/C61H56Br2ClF3N14O4/c1-31(2)21-40-27-68-80-51-30-77(58(83)39-13-19-48(63)49(64)26-39)34(5)24-44(51)59(84)78(55(40)80)43-16-10-37(11-17-43)54-50(71-75-73-54)20-7-32(3)22-41-28-69-81-52-29-76(57(82)38-12-18-47(62)46(25-38)61(65,66)67)33(4)23-45(52)60(85)79(56(41)81)42-14-8-36(9-15-42)53-35(6)70-74-72-53/h8-19,25-28,31-34H,7,20-24,29-30H2,1-6H3,(H,70,72,74)(H,71,73,75). The lowest BCUT2D eigenvalue weighted by molar-refractivity contribution is -0.138. The van der Waals surface area contributed by atoms with Crippen molar-refractivity contribution >= 4 is 66.6 Å². The molecule has 2 amide bonds. The summed E-state index contributed by atoms with van der Waals surface area (Å²) < 4.78 is 49.5. The van der Waals surface area contributed by atoms with Crippen molar-refractivity contribution in [2.45, 2.75) is 111 Å². The van der Waals surface area contributed by atoms with Crippen LogP contribution in [0.4, 0.5) is 13.2 Å². The Morgan fingerprint density at radius 2 is 1.16 bits per heavy atom. The maximum atomic E-state index is 15.0. The van der Waals surface area contributed by atoms with Crippen LogP contribution in [0.2, 0.25) is 5.02 Å². The number of aromatic nitrogens is 12. The van der Waals surface area contributed by atoms with Gasteiger partial charge in [0, 0.05) is 65.5 Å². The molecule has 0 bridgehead atoms.